The summed E-state index contributed by atoms with van der Waals surface area (Å²) < 4.78 is 39.5. The van der Waals surface area contributed by atoms with E-state index in [2.05, 4.69) is 10.2 Å². The lowest BCUT2D eigenvalue weighted by atomic mass is 10.3. The van der Waals surface area contributed by atoms with Crippen molar-refractivity contribution in [2.24, 2.45) is 0 Å². The second-order valence-electron chi connectivity index (χ2n) is 5.63. The normalized spacial score (nSPS) is 19.5. The van der Waals surface area contributed by atoms with E-state index in [0.717, 1.165) is 10.1 Å². The van der Waals surface area contributed by atoms with E-state index in [4.69, 9.17) is 20.8 Å². The summed E-state index contributed by atoms with van der Waals surface area (Å²) in [5, 5.41) is 9.09. The highest BCUT2D eigenvalue weighted by atomic mass is 35.5. The molecule has 1 aliphatic heterocycles. The largest absolute Gasteiger partial charge is 0.423 e. The zero-order valence-corrected chi connectivity index (χ0v) is 15.6. The van der Waals surface area contributed by atoms with Gasteiger partial charge < -0.3 is 9.15 Å². The predicted molar refractivity (Wildman–Crippen MR) is 93.3 cm³/mol. The summed E-state index contributed by atoms with van der Waals surface area (Å²) in [7, 11) is -3.63. The first-order valence-corrected chi connectivity index (χ1v) is 10.2. The highest BCUT2D eigenvalue weighted by Crippen LogP contribution is 2.34. The van der Waals surface area contributed by atoms with E-state index in [-0.39, 0.29) is 23.9 Å². The third-order valence-electron chi connectivity index (χ3n) is 3.90. The molecule has 25 heavy (non-hydrogen) atoms. The van der Waals surface area contributed by atoms with E-state index in [1.165, 1.54) is 15.6 Å². The summed E-state index contributed by atoms with van der Waals surface area (Å²) in [5.74, 6) is 0.709. The first kappa shape index (κ1) is 16.9. The molecule has 132 valence electrons. The molecule has 10 heteroatoms. The van der Waals surface area contributed by atoms with Gasteiger partial charge in [0.1, 0.15) is 10.3 Å². The van der Waals surface area contributed by atoms with Crippen molar-refractivity contribution in [3.8, 4) is 0 Å². The van der Waals surface area contributed by atoms with Crippen molar-refractivity contribution in [1.29, 1.82) is 0 Å². The number of sulfonamides is 1. The zero-order valence-electron chi connectivity index (χ0n) is 13.2. The Kier molecular flexibility index (Phi) is 4.28. The number of nitrogens with zero attached hydrogens (tertiary/aromatic N) is 3. The molecule has 0 N–H and O–H groups in total. The molecule has 0 bridgehead atoms. The Balaban J connectivity index is 1.64. The predicted octanol–water partition coefficient (Wildman–Crippen LogP) is 3.01. The van der Waals surface area contributed by atoms with Gasteiger partial charge in [-0.05, 0) is 29.7 Å². The summed E-state index contributed by atoms with van der Waals surface area (Å²) in [4.78, 5) is 0. The van der Waals surface area contributed by atoms with Gasteiger partial charge in [0.25, 0.3) is 10.0 Å². The maximum Gasteiger partial charge on any atom is 0.252 e. The minimum absolute atomic E-state index is 0.138. The lowest BCUT2D eigenvalue weighted by molar-refractivity contribution is -0.0176. The fourth-order valence-corrected chi connectivity index (χ4v) is 5.82. The molecular formula is C15H14ClN3O4S2. The van der Waals surface area contributed by atoms with Crippen molar-refractivity contribution in [2.45, 2.75) is 17.2 Å². The quantitative estimate of drug-likeness (QED) is 0.673. The number of hydrogen-bond donors (Lipinski definition) is 0. The molecule has 1 aromatic carbocycles. The Labute approximate surface area is 153 Å². The van der Waals surface area contributed by atoms with Gasteiger partial charge in [-0.1, -0.05) is 11.6 Å². The molecule has 3 heterocycles. The molecule has 7 nitrogen and oxygen atoms in total. The maximum atomic E-state index is 13.0. The van der Waals surface area contributed by atoms with Crippen LogP contribution in [-0.2, 0) is 14.8 Å². The average molecular weight is 400 g/mol. The van der Waals surface area contributed by atoms with Crippen LogP contribution >= 0.6 is 22.9 Å². The number of morpholine rings is 1. The van der Waals surface area contributed by atoms with Gasteiger partial charge in [0.2, 0.25) is 11.8 Å². The lowest BCUT2D eigenvalue weighted by Gasteiger charge is -2.29. The van der Waals surface area contributed by atoms with Crippen LogP contribution in [0.1, 0.15) is 17.9 Å². The highest BCUT2D eigenvalue weighted by Gasteiger charge is 2.34. The van der Waals surface area contributed by atoms with Crippen LogP contribution in [0.15, 0.2) is 32.9 Å². The zero-order chi connectivity index (χ0) is 17.6. The number of aromatic nitrogens is 2. The van der Waals surface area contributed by atoms with E-state index in [0.29, 0.717) is 16.8 Å². The molecule has 0 saturated carbocycles. The van der Waals surface area contributed by atoms with Gasteiger partial charge in [-0.2, -0.15) is 4.31 Å². The highest BCUT2D eigenvalue weighted by molar-refractivity contribution is 7.91. The Bertz CT molecular complexity index is 1030. The fraction of sp³-hybridized carbons (Fsp3) is 0.333. The van der Waals surface area contributed by atoms with E-state index in [1.807, 2.05) is 6.07 Å². The minimum atomic E-state index is -3.63. The van der Waals surface area contributed by atoms with Crippen LogP contribution in [0.5, 0.6) is 0 Å². The molecule has 0 unspecified atom stereocenters. The molecule has 0 radical (unpaired) electrons. The van der Waals surface area contributed by atoms with E-state index >= 15 is 0 Å². The number of aryl methyl sites for hydroxylation is 1. The number of rotatable bonds is 3. The van der Waals surface area contributed by atoms with Gasteiger partial charge in [-0.25, -0.2) is 8.42 Å². The molecule has 0 amide bonds. The topological polar surface area (TPSA) is 85.5 Å². The maximum absolute atomic E-state index is 13.0. The molecular weight excluding hydrogens is 386 g/mol. The summed E-state index contributed by atoms with van der Waals surface area (Å²) in [6.45, 7) is 2.36. The molecule has 0 aliphatic carbocycles. The molecule has 1 atom stereocenters. The van der Waals surface area contributed by atoms with Crippen LogP contribution in [0.4, 0.5) is 0 Å². The number of thiophene rings is 1. The van der Waals surface area contributed by atoms with Crippen molar-refractivity contribution >= 4 is 43.0 Å². The van der Waals surface area contributed by atoms with E-state index < -0.39 is 16.1 Å². The average Bonchev–Trinajstić information content (AvgIpc) is 3.21. The van der Waals surface area contributed by atoms with E-state index in [9.17, 15) is 8.42 Å². The Hall–Kier alpha value is -1.52. The van der Waals surface area contributed by atoms with Gasteiger partial charge in [-0.15, -0.1) is 21.5 Å². The summed E-state index contributed by atoms with van der Waals surface area (Å²) >= 11 is 7.21. The van der Waals surface area contributed by atoms with Crippen LogP contribution in [-0.4, -0.2) is 42.6 Å². The second-order valence-corrected chi connectivity index (χ2v) is 9.31. The van der Waals surface area contributed by atoms with Gasteiger partial charge in [0.05, 0.1) is 6.61 Å². The van der Waals surface area contributed by atoms with Crippen LogP contribution in [0.25, 0.3) is 10.1 Å². The SMILES string of the molecule is Cc1nnc([C@H]2CN(S(=O)(=O)c3cc4cc(Cl)ccc4s3)CCO2)o1. The van der Waals surface area contributed by atoms with Crippen LogP contribution in [0, 0.1) is 6.92 Å². The number of fused-ring (bicyclic) bond motifs is 1. The second kappa shape index (κ2) is 6.33. The molecule has 1 saturated heterocycles. The fourth-order valence-electron chi connectivity index (χ4n) is 2.68. The van der Waals surface area contributed by atoms with Gasteiger partial charge in [0, 0.05) is 29.7 Å². The molecule has 4 rings (SSSR count). The number of halogens is 1. The third kappa shape index (κ3) is 3.18. The smallest absolute Gasteiger partial charge is 0.252 e. The van der Waals surface area contributed by atoms with Crippen LogP contribution in [0.3, 0.4) is 0 Å². The Morgan fingerprint density at radius 3 is 2.92 bits per heavy atom. The van der Waals surface area contributed by atoms with E-state index in [1.54, 1.807) is 25.1 Å². The molecule has 1 aliphatic rings. The van der Waals surface area contributed by atoms with Crippen molar-refractivity contribution in [1.82, 2.24) is 14.5 Å². The number of hydrogen-bond acceptors (Lipinski definition) is 7. The Morgan fingerprint density at radius 1 is 1.32 bits per heavy atom. The molecule has 1 fully saturated rings. The standard InChI is InChI=1S/C15H14ClN3O4S2/c1-9-17-18-15(23-9)12-8-19(4-5-22-12)25(20,21)14-7-10-6-11(16)2-3-13(10)24-14/h2-3,6-7,12H,4-5,8H2,1H3/t12-/m1/s1. The number of ether oxygens (including phenoxy) is 1. The van der Waals surface area contributed by atoms with Crippen LogP contribution < -0.4 is 0 Å². The van der Waals surface area contributed by atoms with Gasteiger partial charge in [0.15, 0.2) is 0 Å². The van der Waals surface area contributed by atoms with Crippen molar-refractivity contribution in [2.75, 3.05) is 19.7 Å². The minimum Gasteiger partial charge on any atom is -0.423 e. The first-order valence-electron chi connectivity index (χ1n) is 7.54. The number of benzene rings is 1. The van der Waals surface area contributed by atoms with Crippen molar-refractivity contribution < 1.29 is 17.6 Å². The van der Waals surface area contributed by atoms with Crippen molar-refractivity contribution in [3.63, 3.8) is 0 Å². The Morgan fingerprint density at radius 2 is 2.16 bits per heavy atom. The van der Waals surface area contributed by atoms with Gasteiger partial charge in [-0.3, -0.25) is 0 Å². The third-order valence-corrected chi connectivity index (χ3v) is 7.56. The van der Waals surface area contributed by atoms with Crippen LogP contribution in [0.2, 0.25) is 5.02 Å². The van der Waals surface area contributed by atoms with Gasteiger partial charge >= 0.3 is 0 Å². The molecule has 3 aromatic rings. The monoisotopic (exact) mass is 399 g/mol. The molecule has 2 aromatic heterocycles. The summed E-state index contributed by atoms with van der Waals surface area (Å²) in [5.41, 5.74) is 0. The first-order chi connectivity index (χ1) is 11.9. The molecule has 0 spiro atoms. The lowest BCUT2D eigenvalue weighted by Crippen LogP contribution is -2.42. The summed E-state index contributed by atoms with van der Waals surface area (Å²) in [6.07, 6.45) is -0.562. The van der Waals surface area contributed by atoms with Crippen molar-refractivity contribution in [3.05, 3.63) is 41.1 Å². The summed E-state index contributed by atoms with van der Waals surface area (Å²) in [6, 6.07) is 6.99.